The van der Waals surface area contributed by atoms with Gasteiger partial charge in [-0.05, 0) is 12.8 Å². The zero-order valence-electron chi connectivity index (χ0n) is 9.30. The molecule has 0 aromatic carbocycles. The number of hydrogen-bond donors (Lipinski definition) is 1. The number of allylic oxidation sites excluding steroid dienone is 1. The normalized spacial score (nSPS) is 10.9. The SMILES string of the molecule is CCCCCCCC/C=C/CC(N)=O. The molecule has 0 aliphatic carbocycles. The molecule has 0 spiro atoms. The molecule has 2 heteroatoms. The van der Waals surface area contributed by atoms with E-state index in [2.05, 4.69) is 13.0 Å². The van der Waals surface area contributed by atoms with Crippen molar-refractivity contribution < 1.29 is 4.79 Å². The fourth-order valence-electron chi connectivity index (χ4n) is 1.36. The smallest absolute Gasteiger partial charge is 0.221 e. The minimum atomic E-state index is -0.246. The predicted octanol–water partition coefficient (Wildman–Crippen LogP) is 3.17. The van der Waals surface area contributed by atoms with Crippen LogP contribution in [0.1, 0.15) is 58.3 Å². The number of rotatable bonds is 9. The first kappa shape index (κ1) is 13.2. The summed E-state index contributed by atoms with van der Waals surface area (Å²) in [6, 6.07) is 0. The summed E-state index contributed by atoms with van der Waals surface area (Å²) in [7, 11) is 0. The molecule has 0 unspecified atom stereocenters. The Morgan fingerprint density at radius 1 is 1.07 bits per heavy atom. The van der Waals surface area contributed by atoms with Crippen LogP contribution < -0.4 is 5.73 Å². The summed E-state index contributed by atoms with van der Waals surface area (Å²) in [5, 5.41) is 0. The summed E-state index contributed by atoms with van der Waals surface area (Å²) in [6.45, 7) is 2.23. The Kier molecular flexibility index (Phi) is 9.71. The lowest BCUT2D eigenvalue weighted by atomic mass is 10.1. The molecular formula is C12H23NO. The number of amides is 1. The van der Waals surface area contributed by atoms with Crippen molar-refractivity contribution in [3.63, 3.8) is 0 Å². The Morgan fingerprint density at radius 2 is 1.71 bits per heavy atom. The van der Waals surface area contributed by atoms with Crippen LogP contribution >= 0.6 is 0 Å². The minimum absolute atomic E-state index is 0.246. The second-order valence-electron chi connectivity index (χ2n) is 3.70. The number of carbonyl (C=O) groups excluding carboxylic acids is 1. The minimum Gasteiger partial charge on any atom is -0.369 e. The van der Waals surface area contributed by atoms with Gasteiger partial charge < -0.3 is 5.73 Å². The lowest BCUT2D eigenvalue weighted by Gasteiger charge is -1.97. The Balaban J connectivity index is 3.05. The van der Waals surface area contributed by atoms with Crippen molar-refractivity contribution >= 4 is 5.91 Å². The molecule has 0 aliphatic rings. The van der Waals surface area contributed by atoms with E-state index in [0.717, 1.165) is 6.42 Å². The van der Waals surface area contributed by atoms with E-state index in [1.54, 1.807) is 0 Å². The molecule has 0 radical (unpaired) electrons. The molecule has 0 rings (SSSR count). The van der Waals surface area contributed by atoms with Crippen molar-refractivity contribution in [2.75, 3.05) is 0 Å². The van der Waals surface area contributed by atoms with Gasteiger partial charge in [0.25, 0.3) is 0 Å². The molecule has 0 saturated heterocycles. The molecule has 0 saturated carbocycles. The first-order valence-corrected chi connectivity index (χ1v) is 5.70. The molecule has 0 aromatic rings. The van der Waals surface area contributed by atoms with Crippen molar-refractivity contribution in [2.45, 2.75) is 58.3 Å². The fraction of sp³-hybridized carbons (Fsp3) is 0.750. The number of hydrogen-bond acceptors (Lipinski definition) is 1. The zero-order chi connectivity index (χ0) is 10.6. The van der Waals surface area contributed by atoms with Crippen LogP contribution in [0.2, 0.25) is 0 Å². The van der Waals surface area contributed by atoms with Gasteiger partial charge in [-0.2, -0.15) is 0 Å². The molecule has 2 nitrogen and oxygen atoms in total. The highest BCUT2D eigenvalue weighted by atomic mass is 16.1. The third kappa shape index (κ3) is 11.2. The van der Waals surface area contributed by atoms with E-state index in [4.69, 9.17) is 5.73 Å². The standard InChI is InChI=1S/C12H23NO/c1-2-3-4-5-6-7-8-9-10-11-12(13)14/h9-10H,2-8,11H2,1H3,(H2,13,14)/b10-9+. The summed E-state index contributed by atoms with van der Waals surface area (Å²) in [6.07, 6.45) is 13.3. The maximum atomic E-state index is 10.4. The van der Waals surface area contributed by atoms with Crippen molar-refractivity contribution in [3.05, 3.63) is 12.2 Å². The van der Waals surface area contributed by atoms with Gasteiger partial charge in [-0.3, -0.25) is 4.79 Å². The molecule has 0 aliphatic heterocycles. The van der Waals surface area contributed by atoms with Crippen LogP contribution in [0, 0.1) is 0 Å². The van der Waals surface area contributed by atoms with Gasteiger partial charge in [0.2, 0.25) is 5.91 Å². The topological polar surface area (TPSA) is 43.1 Å². The van der Waals surface area contributed by atoms with Gasteiger partial charge in [0.05, 0.1) is 0 Å². The maximum Gasteiger partial charge on any atom is 0.221 e. The van der Waals surface area contributed by atoms with Crippen molar-refractivity contribution in [2.24, 2.45) is 5.73 Å². The van der Waals surface area contributed by atoms with Crippen molar-refractivity contribution in [3.8, 4) is 0 Å². The maximum absolute atomic E-state index is 10.4. The molecule has 0 fully saturated rings. The third-order valence-electron chi connectivity index (χ3n) is 2.21. The number of nitrogens with two attached hydrogens (primary N) is 1. The fourth-order valence-corrected chi connectivity index (χ4v) is 1.36. The first-order chi connectivity index (χ1) is 6.77. The highest BCUT2D eigenvalue weighted by Crippen LogP contribution is 2.07. The Morgan fingerprint density at radius 3 is 2.36 bits per heavy atom. The number of carbonyl (C=O) groups is 1. The zero-order valence-corrected chi connectivity index (χ0v) is 9.30. The van der Waals surface area contributed by atoms with E-state index < -0.39 is 0 Å². The average Bonchev–Trinajstić information content (AvgIpc) is 2.15. The van der Waals surface area contributed by atoms with Crippen LogP contribution in [0.4, 0.5) is 0 Å². The molecule has 82 valence electrons. The first-order valence-electron chi connectivity index (χ1n) is 5.70. The molecule has 0 bridgehead atoms. The summed E-state index contributed by atoms with van der Waals surface area (Å²) in [5.74, 6) is -0.246. The largest absolute Gasteiger partial charge is 0.369 e. The van der Waals surface area contributed by atoms with E-state index in [-0.39, 0.29) is 5.91 Å². The summed E-state index contributed by atoms with van der Waals surface area (Å²) in [5.41, 5.74) is 5.00. The van der Waals surface area contributed by atoms with Gasteiger partial charge in [-0.1, -0.05) is 51.2 Å². The van der Waals surface area contributed by atoms with Crippen LogP contribution in [0.15, 0.2) is 12.2 Å². The van der Waals surface area contributed by atoms with E-state index in [1.165, 1.54) is 38.5 Å². The molecule has 1 amide bonds. The Bertz CT molecular complexity index is 164. The predicted molar refractivity (Wildman–Crippen MR) is 60.9 cm³/mol. The highest BCUT2D eigenvalue weighted by Gasteiger charge is 1.89. The van der Waals surface area contributed by atoms with E-state index in [1.807, 2.05) is 6.08 Å². The lowest BCUT2D eigenvalue weighted by molar-refractivity contribution is -0.117. The van der Waals surface area contributed by atoms with Crippen molar-refractivity contribution in [1.82, 2.24) is 0 Å². The lowest BCUT2D eigenvalue weighted by Crippen LogP contribution is -2.07. The molecule has 0 atom stereocenters. The van der Waals surface area contributed by atoms with Crippen LogP contribution in [0.3, 0.4) is 0 Å². The molecule has 0 aromatic heterocycles. The quantitative estimate of drug-likeness (QED) is 0.448. The third-order valence-corrected chi connectivity index (χ3v) is 2.21. The van der Waals surface area contributed by atoms with Crippen LogP contribution in [-0.2, 0) is 4.79 Å². The summed E-state index contributed by atoms with van der Waals surface area (Å²) < 4.78 is 0. The second-order valence-corrected chi connectivity index (χ2v) is 3.70. The average molecular weight is 197 g/mol. The van der Waals surface area contributed by atoms with Crippen molar-refractivity contribution in [1.29, 1.82) is 0 Å². The van der Waals surface area contributed by atoms with Gasteiger partial charge in [-0.15, -0.1) is 0 Å². The molecule has 0 heterocycles. The van der Waals surface area contributed by atoms with E-state index in [0.29, 0.717) is 6.42 Å². The van der Waals surface area contributed by atoms with Gasteiger partial charge in [0.1, 0.15) is 0 Å². The van der Waals surface area contributed by atoms with Gasteiger partial charge in [-0.25, -0.2) is 0 Å². The molecule has 14 heavy (non-hydrogen) atoms. The number of unbranched alkanes of at least 4 members (excludes halogenated alkanes) is 6. The molecule has 2 N–H and O–H groups in total. The van der Waals surface area contributed by atoms with Gasteiger partial charge >= 0.3 is 0 Å². The Hall–Kier alpha value is -0.790. The van der Waals surface area contributed by atoms with E-state index >= 15 is 0 Å². The van der Waals surface area contributed by atoms with Crippen LogP contribution in [-0.4, -0.2) is 5.91 Å². The monoisotopic (exact) mass is 197 g/mol. The summed E-state index contributed by atoms with van der Waals surface area (Å²) >= 11 is 0. The second kappa shape index (κ2) is 10.3. The van der Waals surface area contributed by atoms with Gasteiger partial charge in [0, 0.05) is 6.42 Å². The highest BCUT2D eigenvalue weighted by molar-refractivity contribution is 5.75. The van der Waals surface area contributed by atoms with Gasteiger partial charge in [0.15, 0.2) is 0 Å². The number of primary amides is 1. The van der Waals surface area contributed by atoms with Crippen LogP contribution in [0.5, 0.6) is 0 Å². The Labute approximate surface area is 87.6 Å². The van der Waals surface area contributed by atoms with Crippen LogP contribution in [0.25, 0.3) is 0 Å². The molecular weight excluding hydrogens is 174 g/mol. The van der Waals surface area contributed by atoms with E-state index in [9.17, 15) is 4.79 Å². The summed E-state index contributed by atoms with van der Waals surface area (Å²) in [4.78, 5) is 10.4.